The van der Waals surface area contributed by atoms with Crippen molar-refractivity contribution in [3.8, 4) is 0 Å². The fourth-order valence-corrected chi connectivity index (χ4v) is 0.939. The highest BCUT2D eigenvalue weighted by Gasteiger charge is 2.11. The molecule has 0 radical (unpaired) electrons. The van der Waals surface area contributed by atoms with Crippen molar-refractivity contribution >= 4 is 11.9 Å². The summed E-state index contributed by atoms with van der Waals surface area (Å²) in [5.41, 5.74) is 0.195. The first-order valence-electron chi connectivity index (χ1n) is 3.93. The minimum Gasteiger partial charge on any atom is -0.477 e. The molecule has 0 aromatic carbocycles. The van der Waals surface area contributed by atoms with Crippen molar-refractivity contribution in [1.82, 2.24) is 9.88 Å². The molecule has 1 aromatic heterocycles. The van der Waals surface area contributed by atoms with Crippen molar-refractivity contribution < 1.29 is 14.7 Å². The number of aromatic carboxylic acids is 1. The summed E-state index contributed by atoms with van der Waals surface area (Å²) in [5, 5.41) is 8.64. The summed E-state index contributed by atoms with van der Waals surface area (Å²) >= 11 is 0. The molecule has 1 N–H and O–H groups in total. The molecule has 0 bridgehead atoms. The van der Waals surface area contributed by atoms with E-state index >= 15 is 0 Å². The highest BCUT2D eigenvalue weighted by molar-refractivity contribution is 5.96. The molecule has 14 heavy (non-hydrogen) atoms. The molecule has 5 nitrogen and oxygen atoms in total. The van der Waals surface area contributed by atoms with E-state index in [0.29, 0.717) is 5.56 Å². The van der Waals surface area contributed by atoms with Crippen LogP contribution in [0.1, 0.15) is 20.8 Å². The second-order valence-electron chi connectivity index (χ2n) is 2.93. The van der Waals surface area contributed by atoms with Crippen LogP contribution in [0, 0.1) is 0 Å². The zero-order valence-electron chi connectivity index (χ0n) is 7.89. The summed E-state index contributed by atoms with van der Waals surface area (Å²) < 4.78 is 0. The molecule has 1 aromatic rings. The van der Waals surface area contributed by atoms with E-state index in [1.165, 1.54) is 23.2 Å². The van der Waals surface area contributed by atoms with E-state index in [1.807, 2.05) is 0 Å². The topological polar surface area (TPSA) is 70.5 Å². The Morgan fingerprint density at radius 2 is 2.07 bits per heavy atom. The van der Waals surface area contributed by atoms with E-state index in [2.05, 4.69) is 4.98 Å². The van der Waals surface area contributed by atoms with Crippen molar-refractivity contribution in [3.63, 3.8) is 0 Å². The third kappa shape index (κ3) is 2.07. The number of nitrogens with zero attached hydrogens (tertiary/aromatic N) is 2. The second kappa shape index (κ2) is 3.87. The maximum absolute atomic E-state index is 11.4. The number of aromatic nitrogens is 1. The molecule has 0 spiro atoms. The first kappa shape index (κ1) is 10.2. The van der Waals surface area contributed by atoms with Gasteiger partial charge in [-0.1, -0.05) is 0 Å². The molecule has 0 aliphatic rings. The molecule has 0 fully saturated rings. The van der Waals surface area contributed by atoms with Crippen molar-refractivity contribution in [2.75, 3.05) is 14.1 Å². The summed E-state index contributed by atoms with van der Waals surface area (Å²) in [4.78, 5) is 27.0. The van der Waals surface area contributed by atoms with Gasteiger partial charge in [0.1, 0.15) is 5.69 Å². The number of rotatable bonds is 2. The van der Waals surface area contributed by atoms with Gasteiger partial charge in [0.05, 0.1) is 0 Å². The highest BCUT2D eigenvalue weighted by atomic mass is 16.4. The van der Waals surface area contributed by atoms with E-state index in [9.17, 15) is 9.59 Å². The zero-order chi connectivity index (χ0) is 10.7. The molecule has 1 rings (SSSR count). The predicted octanol–water partition coefficient (Wildman–Crippen LogP) is 0.482. The number of carbonyl (C=O) groups excluding carboxylic acids is 1. The van der Waals surface area contributed by atoms with Gasteiger partial charge in [-0.2, -0.15) is 0 Å². The largest absolute Gasteiger partial charge is 0.477 e. The number of pyridine rings is 1. The van der Waals surface area contributed by atoms with Crippen LogP contribution in [0.15, 0.2) is 18.3 Å². The third-order valence-electron chi connectivity index (χ3n) is 1.63. The molecule has 1 amide bonds. The van der Waals surface area contributed by atoms with Gasteiger partial charge < -0.3 is 10.0 Å². The monoisotopic (exact) mass is 194 g/mol. The molecule has 5 heteroatoms. The lowest BCUT2D eigenvalue weighted by Crippen LogP contribution is -2.22. The van der Waals surface area contributed by atoms with Gasteiger partial charge in [-0.25, -0.2) is 9.78 Å². The van der Waals surface area contributed by atoms with Crippen molar-refractivity contribution in [2.24, 2.45) is 0 Å². The van der Waals surface area contributed by atoms with Crippen LogP contribution in [0.25, 0.3) is 0 Å². The van der Waals surface area contributed by atoms with E-state index in [1.54, 1.807) is 14.1 Å². The Kier molecular flexibility index (Phi) is 2.81. The van der Waals surface area contributed by atoms with Crippen molar-refractivity contribution in [2.45, 2.75) is 0 Å². The van der Waals surface area contributed by atoms with Gasteiger partial charge in [0, 0.05) is 25.9 Å². The minimum absolute atomic E-state index is 0.127. The standard InChI is InChI=1S/C9H10N2O3/c1-11(2)8(12)6-3-4-10-7(5-6)9(13)14/h3-5H,1-2H3,(H,13,14). The molecule has 0 aliphatic heterocycles. The lowest BCUT2D eigenvalue weighted by atomic mass is 10.2. The van der Waals surface area contributed by atoms with Gasteiger partial charge in [-0.15, -0.1) is 0 Å². The summed E-state index contributed by atoms with van der Waals surface area (Å²) in [6, 6.07) is 2.74. The molecule has 0 saturated carbocycles. The fraction of sp³-hybridized carbons (Fsp3) is 0.222. The molecule has 0 saturated heterocycles. The quantitative estimate of drug-likeness (QED) is 0.743. The average molecular weight is 194 g/mol. The molecule has 0 aliphatic carbocycles. The molecule has 0 atom stereocenters. The number of carboxylic acids is 1. The molecule has 74 valence electrons. The van der Waals surface area contributed by atoms with Gasteiger partial charge in [0.15, 0.2) is 0 Å². The fourth-order valence-electron chi connectivity index (χ4n) is 0.939. The number of amides is 1. The average Bonchev–Trinajstić information content (AvgIpc) is 2.16. The van der Waals surface area contributed by atoms with Crippen LogP contribution in [0.5, 0.6) is 0 Å². The van der Waals surface area contributed by atoms with Crippen LogP contribution >= 0.6 is 0 Å². The van der Waals surface area contributed by atoms with E-state index < -0.39 is 5.97 Å². The minimum atomic E-state index is -1.14. The SMILES string of the molecule is CN(C)C(=O)c1ccnc(C(=O)O)c1. The van der Waals surface area contributed by atoms with Gasteiger partial charge in [0.25, 0.3) is 5.91 Å². The molecule has 0 unspecified atom stereocenters. The van der Waals surface area contributed by atoms with Gasteiger partial charge in [-0.3, -0.25) is 4.79 Å². The van der Waals surface area contributed by atoms with E-state index in [0.717, 1.165) is 0 Å². The maximum Gasteiger partial charge on any atom is 0.354 e. The smallest absolute Gasteiger partial charge is 0.354 e. The zero-order valence-corrected chi connectivity index (χ0v) is 7.89. The second-order valence-corrected chi connectivity index (χ2v) is 2.93. The van der Waals surface area contributed by atoms with Crippen LogP contribution in [0.2, 0.25) is 0 Å². The lowest BCUT2D eigenvalue weighted by Gasteiger charge is -2.09. The molecule has 1 heterocycles. The summed E-state index contributed by atoms with van der Waals surface area (Å²) in [7, 11) is 3.20. The Bertz CT molecular complexity index is 374. The first-order valence-corrected chi connectivity index (χ1v) is 3.93. The number of hydrogen-bond acceptors (Lipinski definition) is 3. The van der Waals surface area contributed by atoms with Crippen LogP contribution < -0.4 is 0 Å². The third-order valence-corrected chi connectivity index (χ3v) is 1.63. The van der Waals surface area contributed by atoms with E-state index in [4.69, 9.17) is 5.11 Å². The Labute approximate surface area is 81.0 Å². The maximum atomic E-state index is 11.4. The highest BCUT2D eigenvalue weighted by Crippen LogP contribution is 2.04. The van der Waals surface area contributed by atoms with Crippen molar-refractivity contribution in [3.05, 3.63) is 29.6 Å². The Balaban J connectivity index is 3.06. The number of hydrogen-bond donors (Lipinski definition) is 1. The Morgan fingerprint density at radius 1 is 1.43 bits per heavy atom. The van der Waals surface area contributed by atoms with Gasteiger partial charge in [0.2, 0.25) is 0 Å². The molecular weight excluding hydrogens is 184 g/mol. The van der Waals surface area contributed by atoms with Gasteiger partial charge in [-0.05, 0) is 12.1 Å². The van der Waals surface area contributed by atoms with Crippen LogP contribution in [0.3, 0.4) is 0 Å². The van der Waals surface area contributed by atoms with Gasteiger partial charge >= 0.3 is 5.97 Å². The summed E-state index contributed by atoms with van der Waals surface area (Å²) in [5.74, 6) is -1.38. The van der Waals surface area contributed by atoms with Crippen LogP contribution in [0.4, 0.5) is 0 Å². The van der Waals surface area contributed by atoms with E-state index in [-0.39, 0.29) is 11.6 Å². The Hall–Kier alpha value is -1.91. The van der Waals surface area contributed by atoms with Crippen molar-refractivity contribution in [1.29, 1.82) is 0 Å². The summed E-state index contributed by atoms with van der Waals surface area (Å²) in [6.45, 7) is 0. The van der Waals surface area contributed by atoms with Crippen LogP contribution in [-0.4, -0.2) is 41.0 Å². The number of carboxylic acid groups (broad SMARTS) is 1. The predicted molar refractivity (Wildman–Crippen MR) is 49.2 cm³/mol. The normalized spacial score (nSPS) is 9.57. The lowest BCUT2D eigenvalue weighted by molar-refractivity contribution is 0.0690. The molecular formula is C9H10N2O3. The van der Waals surface area contributed by atoms with Crippen LogP contribution in [-0.2, 0) is 0 Å². The summed E-state index contributed by atoms with van der Waals surface area (Å²) in [6.07, 6.45) is 1.31. The Morgan fingerprint density at radius 3 is 2.57 bits per heavy atom. The number of carbonyl (C=O) groups is 2. The first-order chi connectivity index (χ1) is 6.52.